The van der Waals surface area contributed by atoms with Crippen molar-refractivity contribution in [1.82, 2.24) is 20.5 Å². The van der Waals surface area contributed by atoms with E-state index in [4.69, 9.17) is 4.74 Å². The number of nitrogens with zero attached hydrogens (tertiary/aromatic N) is 2. The summed E-state index contributed by atoms with van der Waals surface area (Å²) in [6.45, 7) is 1.92. The maximum Gasteiger partial charge on any atom is 0.315 e. The van der Waals surface area contributed by atoms with Gasteiger partial charge in [-0.05, 0) is 63.0 Å². The van der Waals surface area contributed by atoms with Crippen LogP contribution in [0.2, 0.25) is 0 Å². The van der Waals surface area contributed by atoms with E-state index in [9.17, 15) is 9.59 Å². The fourth-order valence-corrected chi connectivity index (χ4v) is 5.25. The number of urea groups is 1. The van der Waals surface area contributed by atoms with Crippen molar-refractivity contribution < 1.29 is 14.3 Å². The molecule has 2 saturated carbocycles. The Kier molecular flexibility index (Phi) is 8.24. The second kappa shape index (κ2) is 11.5. The minimum absolute atomic E-state index is 0.119. The molecular formula is C25H38N4O3. The average Bonchev–Trinajstić information content (AvgIpc) is 2.84. The minimum Gasteiger partial charge on any atom is -0.474 e. The van der Waals surface area contributed by atoms with Crippen LogP contribution in [-0.2, 0) is 11.3 Å². The van der Waals surface area contributed by atoms with Crippen LogP contribution >= 0.6 is 0 Å². The van der Waals surface area contributed by atoms with Crippen LogP contribution in [0.1, 0.15) is 82.6 Å². The molecule has 3 aliphatic rings. The van der Waals surface area contributed by atoms with Crippen LogP contribution in [0.4, 0.5) is 4.79 Å². The zero-order chi connectivity index (χ0) is 22.2. The molecule has 0 spiro atoms. The molecule has 7 heteroatoms. The highest BCUT2D eigenvalue weighted by molar-refractivity contribution is 5.79. The fraction of sp³-hybridized carbons (Fsp3) is 0.720. The van der Waals surface area contributed by atoms with Gasteiger partial charge in [0.1, 0.15) is 6.10 Å². The van der Waals surface area contributed by atoms with Crippen molar-refractivity contribution in [2.45, 2.75) is 95.7 Å². The molecule has 2 N–H and O–H groups in total. The van der Waals surface area contributed by atoms with Gasteiger partial charge in [-0.15, -0.1) is 0 Å². The van der Waals surface area contributed by atoms with E-state index in [1.807, 2.05) is 17.0 Å². The third-order valence-corrected chi connectivity index (χ3v) is 7.19. The molecule has 0 unspecified atom stereocenters. The first-order valence-corrected chi connectivity index (χ1v) is 12.6. The van der Waals surface area contributed by atoms with Crippen molar-refractivity contribution in [3.05, 3.63) is 23.9 Å². The van der Waals surface area contributed by atoms with Crippen LogP contribution in [0.3, 0.4) is 0 Å². The number of aromatic nitrogens is 1. The number of carbonyl (C=O) groups is 2. The molecule has 2 heterocycles. The summed E-state index contributed by atoms with van der Waals surface area (Å²) >= 11 is 0. The van der Waals surface area contributed by atoms with Crippen molar-refractivity contribution in [2.24, 2.45) is 5.92 Å². The molecule has 0 atom stereocenters. The quantitative estimate of drug-likeness (QED) is 0.693. The van der Waals surface area contributed by atoms with Crippen LogP contribution in [-0.4, -0.2) is 47.1 Å². The Morgan fingerprint density at radius 3 is 2.38 bits per heavy atom. The molecule has 32 heavy (non-hydrogen) atoms. The van der Waals surface area contributed by atoms with Gasteiger partial charge in [-0.1, -0.05) is 25.7 Å². The van der Waals surface area contributed by atoms with Gasteiger partial charge in [0.05, 0.1) is 0 Å². The van der Waals surface area contributed by atoms with Crippen molar-refractivity contribution in [3.63, 3.8) is 0 Å². The number of amides is 3. The number of piperidine rings is 1. The molecule has 1 aromatic heterocycles. The van der Waals surface area contributed by atoms with E-state index < -0.39 is 0 Å². The van der Waals surface area contributed by atoms with Gasteiger partial charge in [-0.2, -0.15) is 0 Å². The van der Waals surface area contributed by atoms with E-state index in [1.54, 1.807) is 6.20 Å². The van der Waals surface area contributed by atoms with Crippen LogP contribution in [0.5, 0.6) is 5.88 Å². The van der Waals surface area contributed by atoms with Gasteiger partial charge in [0.15, 0.2) is 0 Å². The van der Waals surface area contributed by atoms with Gasteiger partial charge < -0.3 is 20.3 Å². The monoisotopic (exact) mass is 442 g/mol. The third-order valence-electron chi connectivity index (χ3n) is 7.19. The smallest absolute Gasteiger partial charge is 0.315 e. The Balaban J connectivity index is 1.16. The Morgan fingerprint density at radius 1 is 0.969 bits per heavy atom. The number of rotatable bonds is 6. The molecular weight excluding hydrogens is 404 g/mol. The van der Waals surface area contributed by atoms with E-state index in [0.29, 0.717) is 18.3 Å². The molecule has 7 nitrogen and oxygen atoms in total. The zero-order valence-electron chi connectivity index (χ0n) is 19.2. The fourth-order valence-electron chi connectivity index (χ4n) is 5.25. The summed E-state index contributed by atoms with van der Waals surface area (Å²) in [6, 6.07) is 3.79. The lowest BCUT2D eigenvalue weighted by atomic mass is 9.87. The molecule has 0 radical (unpaired) electrons. The van der Waals surface area contributed by atoms with Crippen molar-refractivity contribution in [2.75, 3.05) is 13.1 Å². The van der Waals surface area contributed by atoms with Gasteiger partial charge in [0.2, 0.25) is 11.8 Å². The molecule has 0 bridgehead atoms. The van der Waals surface area contributed by atoms with Gasteiger partial charge in [-0.3, -0.25) is 4.79 Å². The summed E-state index contributed by atoms with van der Waals surface area (Å²) in [6.07, 6.45) is 15.3. The second-order valence-corrected chi connectivity index (χ2v) is 9.64. The number of carbonyl (C=O) groups excluding carboxylic acids is 2. The van der Waals surface area contributed by atoms with E-state index in [0.717, 1.165) is 57.2 Å². The summed E-state index contributed by atoms with van der Waals surface area (Å²) in [5.74, 6) is 1.20. The molecule has 1 aliphatic heterocycles. The van der Waals surface area contributed by atoms with Gasteiger partial charge in [0, 0.05) is 43.9 Å². The Bertz CT molecular complexity index is 751. The number of nitrogens with one attached hydrogen (secondary N) is 2. The highest BCUT2D eigenvalue weighted by atomic mass is 16.5. The van der Waals surface area contributed by atoms with Gasteiger partial charge >= 0.3 is 6.03 Å². The summed E-state index contributed by atoms with van der Waals surface area (Å²) in [5.41, 5.74) is 0.980. The van der Waals surface area contributed by atoms with E-state index in [2.05, 4.69) is 15.6 Å². The summed E-state index contributed by atoms with van der Waals surface area (Å²) in [5, 5.41) is 6.02. The number of pyridine rings is 1. The molecule has 0 aromatic carbocycles. The molecule has 1 saturated heterocycles. The van der Waals surface area contributed by atoms with Gasteiger partial charge in [0.25, 0.3) is 0 Å². The second-order valence-electron chi connectivity index (χ2n) is 9.64. The lowest BCUT2D eigenvalue weighted by Gasteiger charge is -2.35. The van der Waals surface area contributed by atoms with Crippen LogP contribution < -0.4 is 15.4 Å². The van der Waals surface area contributed by atoms with E-state index in [-0.39, 0.29) is 24.1 Å². The van der Waals surface area contributed by atoms with Crippen molar-refractivity contribution in [3.8, 4) is 5.88 Å². The molecule has 1 aromatic rings. The normalized spacial score (nSPS) is 21.2. The third kappa shape index (κ3) is 6.59. The van der Waals surface area contributed by atoms with Crippen LogP contribution in [0.25, 0.3) is 0 Å². The number of hydrogen-bond donors (Lipinski definition) is 2. The molecule has 3 fully saturated rings. The lowest BCUT2D eigenvalue weighted by molar-refractivity contribution is -0.137. The summed E-state index contributed by atoms with van der Waals surface area (Å²) < 4.78 is 6.03. The van der Waals surface area contributed by atoms with Crippen LogP contribution in [0, 0.1) is 5.92 Å². The maximum atomic E-state index is 12.7. The largest absolute Gasteiger partial charge is 0.474 e. The Hall–Kier alpha value is -2.31. The number of likely N-dealkylation sites (tertiary alicyclic amines) is 1. The minimum atomic E-state index is -0.159. The first-order valence-electron chi connectivity index (χ1n) is 12.6. The van der Waals surface area contributed by atoms with E-state index >= 15 is 0 Å². The average molecular weight is 443 g/mol. The van der Waals surface area contributed by atoms with Gasteiger partial charge in [-0.25, -0.2) is 9.78 Å². The van der Waals surface area contributed by atoms with Crippen molar-refractivity contribution >= 4 is 11.9 Å². The highest BCUT2D eigenvalue weighted by Crippen LogP contribution is 2.27. The number of ether oxygens (including phenoxy) is 1. The maximum absolute atomic E-state index is 12.7. The predicted octanol–water partition coefficient (Wildman–Crippen LogP) is 4.16. The first-order chi connectivity index (χ1) is 15.7. The topological polar surface area (TPSA) is 83.6 Å². The summed E-state index contributed by atoms with van der Waals surface area (Å²) in [7, 11) is 0. The molecule has 4 rings (SSSR count). The highest BCUT2D eigenvalue weighted by Gasteiger charge is 2.29. The molecule has 3 amide bonds. The Labute approximate surface area is 191 Å². The van der Waals surface area contributed by atoms with Crippen molar-refractivity contribution in [1.29, 1.82) is 0 Å². The SMILES string of the molecule is O=C(NCc1ccnc(OC2CCCCC2)c1)NC1CCN(C(=O)C2CCCCC2)CC1. The molecule has 176 valence electrons. The van der Waals surface area contributed by atoms with Crippen LogP contribution in [0.15, 0.2) is 18.3 Å². The molecule has 2 aliphatic carbocycles. The van der Waals surface area contributed by atoms with E-state index in [1.165, 1.54) is 38.5 Å². The Morgan fingerprint density at radius 2 is 1.66 bits per heavy atom. The zero-order valence-corrected chi connectivity index (χ0v) is 19.2. The predicted molar refractivity (Wildman–Crippen MR) is 123 cm³/mol. The standard InChI is InChI=1S/C25H38N4O3/c30-24(20-7-3-1-4-8-20)29-15-12-21(13-16-29)28-25(31)27-18-19-11-14-26-23(17-19)32-22-9-5-2-6-10-22/h11,14,17,20-22H,1-10,12-13,15-16,18H2,(H2,27,28,31). The lowest BCUT2D eigenvalue weighted by Crippen LogP contribution is -2.50. The first kappa shape index (κ1) is 22.9. The number of hydrogen-bond acceptors (Lipinski definition) is 4. The summed E-state index contributed by atoms with van der Waals surface area (Å²) in [4.78, 5) is 31.4.